The largest absolute Gasteiger partial charge is 0.469 e. The lowest BCUT2D eigenvalue weighted by molar-refractivity contribution is -0.139. The minimum atomic E-state index is -0.214. The second-order valence-electron chi connectivity index (χ2n) is 3.78. The summed E-state index contributed by atoms with van der Waals surface area (Å²) in [5, 5.41) is 0. The third-order valence-corrected chi connectivity index (χ3v) is 2.66. The van der Waals surface area contributed by atoms with Gasteiger partial charge in [0.25, 0.3) is 0 Å². The molecule has 0 aromatic heterocycles. The van der Waals surface area contributed by atoms with Crippen molar-refractivity contribution in [3.63, 3.8) is 0 Å². The minimum Gasteiger partial charge on any atom is -0.469 e. The van der Waals surface area contributed by atoms with E-state index in [-0.39, 0.29) is 19.5 Å². The van der Waals surface area contributed by atoms with Gasteiger partial charge in [0.15, 0.2) is 0 Å². The monoisotopic (exact) mass is 260 g/mol. The Bertz CT molecular complexity index is 509. The Labute approximate surface area is 114 Å². The molecular weight excluding hydrogens is 244 g/mol. The van der Waals surface area contributed by atoms with Gasteiger partial charge < -0.3 is 4.74 Å². The van der Waals surface area contributed by atoms with Crippen LogP contribution in [0.5, 0.6) is 0 Å². The van der Waals surface area contributed by atoms with Gasteiger partial charge in [-0.2, -0.15) is 13.5 Å². The van der Waals surface area contributed by atoms with Gasteiger partial charge in [-0.15, -0.1) is 0 Å². The Hall–Kier alpha value is -1.74. The van der Waals surface area contributed by atoms with Crippen molar-refractivity contribution in [3.05, 3.63) is 60.2 Å². The van der Waals surface area contributed by atoms with E-state index in [4.69, 9.17) is 4.74 Å². The van der Waals surface area contributed by atoms with Crippen molar-refractivity contribution in [1.82, 2.24) is 0 Å². The third kappa shape index (κ3) is 3.37. The normalized spacial score (nSPS) is 9.39. The molecule has 0 unspecified atom stereocenters. The second-order valence-corrected chi connectivity index (χ2v) is 3.78. The summed E-state index contributed by atoms with van der Waals surface area (Å²) in [4.78, 5) is 11.3. The molecule has 0 saturated carbocycles. The molecule has 3 heteroatoms. The molecule has 94 valence electrons. The van der Waals surface area contributed by atoms with Gasteiger partial charge in [-0.25, -0.2) is 0 Å². The van der Waals surface area contributed by atoms with E-state index in [1.807, 2.05) is 54.6 Å². The highest BCUT2D eigenvalue weighted by atomic mass is 32.1. The number of rotatable bonds is 3. The van der Waals surface area contributed by atoms with Crippen LogP contribution in [0.15, 0.2) is 54.6 Å². The fraction of sp³-hybridized carbons (Fsp3) is 0.133. The Balaban J connectivity index is 0.00000162. The molecule has 0 bridgehead atoms. The first-order chi connectivity index (χ1) is 8.31. The highest BCUT2D eigenvalue weighted by Crippen LogP contribution is 2.23. The van der Waals surface area contributed by atoms with Crippen molar-refractivity contribution in [2.24, 2.45) is 0 Å². The number of ether oxygens (including phenoxy) is 1. The molecule has 2 aromatic rings. The van der Waals surface area contributed by atoms with Gasteiger partial charge in [0, 0.05) is 0 Å². The Morgan fingerprint density at radius 2 is 1.61 bits per heavy atom. The smallest absolute Gasteiger partial charge is 0.309 e. The summed E-state index contributed by atoms with van der Waals surface area (Å²) in [5.41, 5.74) is 3.19. The van der Waals surface area contributed by atoms with Gasteiger partial charge in [-0.3, -0.25) is 4.79 Å². The summed E-state index contributed by atoms with van der Waals surface area (Å²) >= 11 is 0. The van der Waals surface area contributed by atoms with Crippen LogP contribution >= 0.6 is 13.5 Å². The summed E-state index contributed by atoms with van der Waals surface area (Å²) in [6.45, 7) is 0. The number of esters is 1. The van der Waals surface area contributed by atoms with Crippen molar-refractivity contribution in [3.8, 4) is 11.1 Å². The van der Waals surface area contributed by atoms with Crippen molar-refractivity contribution in [2.75, 3.05) is 7.11 Å². The van der Waals surface area contributed by atoms with Gasteiger partial charge in [0.2, 0.25) is 0 Å². The van der Waals surface area contributed by atoms with E-state index in [9.17, 15) is 4.79 Å². The number of carbonyl (C=O) groups is 1. The second kappa shape index (κ2) is 6.87. The van der Waals surface area contributed by atoms with Gasteiger partial charge in [-0.05, 0) is 16.7 Å². The molecule has 0 fully saturated rings. The highest BCUT2D eigenvalue weighted by Gasteiger charge is 2.08. The molecule has 0 heterocycles. The van der Waals surface area contributed by atoms with E-state index in [0.29, 0.717) is 6.42 Å². The van der Waals surface area contributed by atoms with Crippen LogP contribution in [-0.4, -0.2) is 13.1 Å². The predicted octanol–water partition coefficient (Wildman–Crippen LogP) is 3.18. The van der Waals surface area contributed by atoms with E-state index in [1.54, 1.807) is 0 Å². The summed E-state index contributed by atoms with van der Waals surface area (Å²) in [6, 6.07) is 17.9. The maximum absolute atomic E-state index is 11.3. The van der Waals surface area contributed by atoms with E-state index < -0.39 is 0 Å². The van der Waals surface area contributed by atoms with Gasteiger partial charge in [-0.1, -0.05) is 54.6 Å². The van der Waals surface area contributed by atoms with E-state index >= 15 is 0 Å². The van der Waals surface area contributed by atoms with Crippen molar-refractivity contribution >= 4 is 19.5 Å². The van der Waals surface area contributed by atoms with Crippen molar-refractivity contribution in [1.29, 1.82) is 0 Å². The van der Waals surface area contributed by atoms with E-state index in [1.165, 1.54) is 7.11 Å². The zero-order chi connectivity index (χ0) is 12.1. The topological polar surface area (TPSA) is 26.3 Å². The zero-order valence-corrected chi connectivity index (χ0v) is 11.2. The third-order valence-electron chi connectivity index (χ3n) is 2.66. The van der Waals surface area contributed by atoms with Crippen LogP contribution in [0.1, 0.15) is 5.56 Å². The fourth-order valence-electron chi connectivity index (χ4n) is 1.80. The Morgan fingerprint density at radius 1 is 1.00 bits per heavy atom. The van der Waals surface area contributed by atoms with Crippen LogP contribution in [0.25, 0.3) is 11.1 Å². The zero-order valence-electron chi connectivity index (χ0n) is 10.2. The van der Waals surface area contributed by atoms with Gasteiger partial charge in [0.05, 0.1) is 13.5 Å². The number of hydrogen-bond acceptors (Lipinski definition) is 2. The molecule has 18 heavy (non-hydrogen) atoms. The van der Waals surface area contributed by atoms with Crippen LogP contribution in [0.4, 0.5) is 0 Å². The van der Waals surface area contributed by atoms with Crippen molar-refractivity contribution in [2.45, 2.75) is 6.42 Å². The molecule has 0 aliphatic carbocycles. The molecule has 2 nitrogen and oxygen atoms in total. The molecule has 2 rings (SSSR count). The lowest BCUT2D eigenvalue weighted by Gasteiger charge is -2.08. The molecule has 0 aliphatic heterocycles. The number of benzene rings is 2. The first-order valence-corrected chi connectivity index (χ1v) is 5.51. The van der Waals surface area contributed by atoms with Crippen molar-refractivity contribution < 1.29 is 9.53 Å². The summed E-state index contributed by atoms with van der Waals surface area (Å²) in [7, 11) is 1.41. The average molecular weight is 260 g/mol. The standard InChI is InChI=1S/C15H14O2.H2S/c1-17-15(16)11-13-9-5-6-10-14(13)12-7-3-2-4-8-12;/h2-10H,11H2,1H3;1H2. The molecule has 0 amide bonds. The van der Waals surface area contributed by atoms with Crippen LogP contribution in [-0.2, 0) is 16.0 Å². The summed E-state index contributed by atoms with van der Waals surface area (Å²) in [5.74, 6) is -0.214. The molecule has 0 N–H and O–H groups in total. The summed E-state index contributed by atoms with van der Waals surface area (Å²) < 4.78 is 4.71. The van der Waals surface area contributed by atoms with Crippen LogP contribution in [0.2, 0.25) is 0 Å². The lowest BCUT2D eigenvalue weighted by Crippen LogP contribution is -2.05. The molecule has 0 radical (unpaired) electrons. The maximum Gasteiger partial charge on any atom is 0.309 e. The molecule has 0 saturated heterocycles. The SMILES string of the molecule is COC(=O)Cc1ccccc1-c1ccccc1.S. The predicted molar refractivity (Wildman–Crippen MR) is 78.0 cm³/mol. The molecule has 2 aromatic carbocycles. The number of methoxy groups -OCH3 is 1. The fourth-order valence-corrected chi connectivity index (χ4v) is 1.80. The van der Waals surface area contributed by atoms with Crippen LogP contribution < -0.4 is 0 Å². The molecule has 0 atom stereocenters. The first-order valence-electron chi connectivity index (χ1n) is 5.51. The van der Waals surface area contributed by atoms with E-state index in [0.717, 1.165) is 16.7 Å². The highest BCUT2D eigenvalue weighted by molar-refractivity contribution is 7.59. The average Bonchev–Trinajstić information content (AvgIpc) is 2.40. The number of hydrogen-bond donors (Lipinski definition) is 0. The van der Waals surface area contributed by atoms with Gasteiger partial charge >= 0.3 is 5.97 Å². The minimum absolute atomic E-state index is 0. The Kier molecular flexibility index (Phi) is 5.46. The molecular formula is C15H16O2S. The molecule has 0 spiro atoms. The molecule has 0 aliphatic rings. The maximum atomic E-state index is 11.3. The lowest BCUT2D eigenvalue weighted by atomic mass is 9.98. The quantitative estimate of drug-likeness (QED) is 0.792. The van der Waals surface area contributed by atoms with E-state index in [2.05, 4.69) is 0 Å². The van der Waals surface area contributed by atoms with Gasteiger partial charge in [0.1, 0.15) is 0 Å². The Morgan fingerprint density at radius 3 is 2.28 bits per heavy atom. The summed E-state index contributed by atoms with van der Waals surface area (Å²) in [6.07, 6.45) is 0.307. The van der Waals surface area contributed by atoms with Crippen LogP contribution in [0.3, 0.4) is 0 Å². The first kappa shape index (κ1) is 14.3. The van der Waals surface area contributed by atoms with Crippen LogP contribution in [0, 0.1) is 0 Å². The number of carbonyl (C=O) groups excluding carboxylic acids is 1.